The number of carbonyl (C=O) groups excluding carboxylic acids is 5. The van der Waals surface area contributed by atoms with Crippen LogP contribution >= 0.6 is 0 Å². The van der Waals surface area contributed by atoms with Gasteiger partial charge in [0.2, 0.25) is 17.7 Å². The van der Waals surface area contributed by atoms with Gasteiger partial charge < -0.3 is 35.8 Å². The molecule has 5 atom stereocenters. The van der Waals surface area contributed by atoms with Crippen molar-refractivity contribution in [2.24, 2.45) is 11.8 Å². The maximum absolute atomic E-state index is 13.4. The summed E-state index contributed by atoms with van der Waals surface area (Å²) in [5, 5.41) is 20.8. The van der Waals surface area contributed by atoms with Gasteiger partial charge in [0.05, 0.1) is 12.7 Å². The van der Waals surface area contributed by atoms with Gasteiger partial charge in [-0.05, 0) is 44.6 Å². The number of alkyl carbamates (subject to hydrolysis) is 1. The Morgan fingerprint density at radius 2 is 1.76 bits per heavy atom. The molecule has 1 unspecified atom stereocenters. The summed E-state index contributed by atoms with van der Waals surface area (Å²) in [5.74, 6) is -2.39. The van der Waals surface area contributed by atoms with Crippen LogP contribution in [0, 0.1) is 11.8 Å². The maximum atomic E-state index is 13.4. The Bertz CT molecular complexity index is 1060. The van der Waals surface area contributed by atoms with Gasteiger partial charge in [-0.15, -0.1) is 0 Å². The highest BCUT2D eigenvalue weighted by atomic mass is 16.5. The molecule has 0 bridgehead atoms. The van der Waals surface area contributed by atoms with E-state index >= 15 is 0 Å². The molecule has 226 valence electrons. The molecule has 12 nitrogen and oxygen atoms in total. The summed E-state index contributed by atoms with van der Waals surface area (Å²) in [6.45, 7) is 7.44. The van der Waals surface area contributed by atoms with Crippen molar-refractivity contribution < 1.29 is 38.6 Å². The van der Waals surface area contributed by atoms with E-state index < -0.39 is 48.1 Å². The first-order chi connectivity index (χ1) is 19.5. The van der Waals surface area contributed by atoms with Crippen LogP contribution in [0.3, 0.4) is 0 Å². The molecule has 1 saturated heterocycles. The molecular weight excluding hydrogens is 532 g/mol. The second-order valence-electron chi connectivity index (χ2n) is 10.4. The van der Waals surface area contributed by atoms with E-state index in [1.54, 1.807) is 31.2 Å². The third kappa shape index (κ3) is 12.0. The Balaban J connectivity index is 2.10. The number of nitrogens with one attached hydrogen (secondary N) is 4. The Hall–Kier alpha value is -3.93. The van der Waals surface area contributed by atoms with Gasteiger partial charge in [-0.25, -0.2) is 9.59 Å². The number of aliphatic hydroxyl groups is 1. The average molecular weight is 575 g/mol. The van der Waals surface area contributed by atoms with Gasteiger partial charge in [-0.2, -0.15) is 0 Å². The van der Waals surface area contributed by atoms with Crippen LogP contribution in [0.4, 0.5) is 4.79 Å². The Morgan fingerprint density at radius 1 is 1.05 bits per heavy atom. The molecule has 1 heterocycles. The van der Waals surface area contributed by atoms with Crippen LogP contribution in [-0.2, 0) is 35.3 Å². The smallest absolute Gasteiger partial charge is 0.408 e. The molecule has 0 spiro atoms. The summed E-state index contributed by atoms with van der Waals surface area (Å²) in [4.78, 5) is 62.9. The summed E-state index contributed by atoms with van der Waals surface area (Å²) in [6, 6.07) is 5.86. The van der Waals surface area contributed by atoms with Gasteiger partial charge in [0.25, 0.3) is 0 Å². The lowest BCUT2D eigenvalue weighted by atomic mass is 9.96. The minimum Gasteiger partial charge on any atom is -0.463 e. The van der Waals surface area contributed by atoms with Crippen LogP contribution in [0.5, 0.6) is 0 Å². The number of rotatable bonds is 15. The molecule has 1 fully saturated rings. The van der Waals surface area contributed by atoms with Crippen molar-refractivity contribution >= 4 is 29.8 Å². The average Bonchev–Trinajstić information content (AvgIpc) is 3.32. The Morgan fingerprint density at radius 3 is 2.34 bits per heavy atom. The van der Waals surface area contributed by atoms with Crippen molar-refractivity contribution in [3.8, 4) is 0 Å². The van der Waals surface area contributed by atoms with Gasteiger partial charge in [-0.3, -0.25) is 14.4 Å². The van der Waals surface area contributed by atoms with Crippen LogP contribution in [0.2, 0.25) is 0 Å². The van der Waals surface area contributed by atoms with Gasteiger partial charge >= 0.3 is 12.1 Å². The zero-order chi connectivity index (χ0) is 30.4. The molecule has 0 radical (unpaired) electrons. The highest BCUT2D eigenvalue weighted by molar-refractivity contribution is 5.92. The SMILES string of the molecule is CCOC(=O)/C=C/[C@H](C[C@@H]1CCNC1=O)NC(=O)[C@H](CC(C)C)NC(=O)[C@@H](NC(=O)OCc1ccccc1)C(C)O. The molecule has 5 N–H and O–H groups in total. The van der Waals surface area contributed by atoms with E-state index in [9.17, 15) is 29.1 Å². The molecule has 0 saturated carbocycles. The first-order valence-electron chi connectivity index (χ1n) is 13.9. The van der Waals surface area contributed by atoms with Crippen molar-refractivity contribution in [3.63, 3.8) is 0 Å². The molecule has 1 aliphatic heterocycles. The molecule has 12 heteroatoms. The standard InChI is InChI=1S/C29H42N4O8/c1-5-40-24(35)12-11-22(16-21-13-14-30-26(21)36)31-27(37)23(15-18(2)3)32-28(38)25(19(4)34)33-29(39)41-17-20-9-7-6-8-10-20/h6-12,18-19,21-23,25,34H,5,13-17H2,1-4H3,(H,30,36)(H,31,37)(H,32,38)(H,33,39)/b12-11+/t19?,21-,22+,23-,25-/m0/s1. The van der Waals surface area contributed by atoms with Crippen molar-refractivity contribution in [1.82, 2.24) is 21.3 Å². The monoisotopic (exact) mass is 574 g/mol. The highest BCUT2D eigenvalue weighted by Crippen LogP contribution is 2.17. The van der Waals surface area contributed by atoms with Gasteiger partial charge in [0.1, 0.15) is 18.7 Å². The quantitative estimate of drug-likeness (QED) is 0.154. The fourth-order valence-corrected chi connectivity index (χ4v) is 4.29. The van der Waals surface area contributed by atoms with E-state index in [4.69, 9.17) is 9.47 Å². The Labute approximate surface area is 240 Å². The highest BCUT2D eigenvalue weighted by Gasteiger charge is 2.32. The van der Waals surface area contributed by atoms with Crippen molar-refractivity contribution in [3.05, 3.63) is 48.0 Å². The van der Waals surface area contributed by atoms with E-state index in [1.807, 2.05) is 19.9 Å². The topological polar surface area (TPSA) is 172 Å². The molecule has 1 aromatic carbocycles. The number of benzene rings is 1. The van der Waals surface area contributed by atoms with Crippen LogP contribution in [0.25, 0.3) is 0 Å². The fourth-order valence-electron chi connectivity index (χ4n) is 4.29. The van der Waals surface area contributed by atoms with E-state index in [0.717, 1.165) is 5.56 Å². The summed E-state index contributed by atoms with van der Waals surface area (Å²) < 4.78 is 10.1. The number of amides is 4. The van der Waals surface area contributed by atoms with Crippen molar-refractivity contribution in [2.75, 3.05) is 13.2 Å². The summed E-state index contributed by atoms with van der Waals surface area (Å²) in [7, 11) is 0. The number of esters is 1. The molecule has 1 aromatic rings. The predicted octanol–water partition coefficient (Wildman–Crippen LogP) is 1.32. The molecule has 41 heavy (non-hydrogen) atoms. The van der Waals surface area contributed by atoms with Crippen LogP contribution in [0.15, 0.2) is 42.5 Å². The number of hydrogen-bond donors (Lipinski definition) is 5. The van der Waals surface area contributed by atoms with E-state index in [-0.39, 0.29) is 43.8 Å². The third-order valence-electron chi connectivity index (χ3n) is 6.37. The number of carbonyl (C=O) groups is 5. The summed E-state index contributed by atoms with van der Waals surface area (Å²) in [6.07, 6.45) is 1.57. The van der Waals surface area contributed by atoms with Crippen LogP contribution < -0.4 is 21.3 Å². The zero-order valence-corrected chi connectivity index (χ0v) is 24.1. The molecular formula is C29H42N4O8. The van der Waals surface area contributed by atoms with E-state index in [0.29, 0.717) is 13.0 Å². The molecule has 2 rings (SSSR count). The third-order valence-corrected chi connectivity index (χ3v) is 6.37. The fraction of sp³-hybridized carbons (Fsp3) is 0.552. The van der Waals surface area contributed by atoms with Crippen LogP contribution in [-0.4, -0.2) is 72.3 Å². The molecule has 4 amide bonds. The number of hydrogen-bond acceptors (Lipinski definition) is 8. The molecule has 1 aliphatic rings. The van der Waals surface area contributed by atoms with Gasteiger partial charge in [0.15, 0.2) is 0 Å². The van der Waals surface area contributed by atoms with Gasteiger partial charge in [0, 0.05) is 24.6 Å². The second-order valence-corrected chi connectivity index (χ2v) is 10.4. The van der Waals surface area contributed by atoms with E-state index in [2.05, 4.69) is 21.3 Å². The summed E-state index contributed by atoms with van der Waals surface area (Å²) in [5.41, 5.74) is 0.746. The largest absolute Gasteiger partial charge is 0.463 e. The van der Waals surface area contributed by atoms with Crippen LogP contribution in [0.1, 0.15) is 52.5 Å². The van der Waals surface area contributed by atoms with Crippen molar-refractivity contribution in [1.29, 1.82) is 0 Å². The first kappa shape index (κ1) is 33.3. The Kier molecular flexibility index (Phi) is 13.8. The second kappa shape index (κ2) is 17.0. The van der Waals surface area contributed by atoms with Gasteiger partial charge in [-0.1, -0.05) is 50.3 Å². The molecule has 0 aromatic heterocycles. The lowest BCUT2D eigenvalue weighted by Gasteiger charge is -2.27. The normalized spacial score (nSPS) is 17.7. The van der Waals surface area contributed by atoms with Crippen molar-refractivity contribution in [2.45, 2.75) is 77.8 Å². The lowest BCUT2D eigenvalue weighted by molar-refractivity contribution is -0.137. The minimum atomic E-state index is -1.39. The van der Waals surface area contributed by atoms with E-state index in [1.165, 1.54) is 19.1 Å². The molecule has 0 aliphatic carbocycles. The number of ether oxygens (including phenoxy) is 2. The lowest BCUT2D eigenvalue weighted by Crippen LogP contribution is -2.58. The predicted molar refractivity (Wildman–Crippen MR) is 150 cm³/mol. The summed E-state index contributed by atoms with van der Waals surface area (Å²) >= 11 is 0. The maximum Gasteiger partial charge on any atom is 0.408 e. The zero-order valence-electron chi connectivity index (χ0n) is 24.1. The number of aliphatic hydroxyl groups excluding tert-OH is 1. The first-order valence-corrected chi connectivity index (χ1v) is 13.9. The minimum absolute atomic E-state index is 0.00557.